The third kappa shape index (κ3) is 5.83. The summed E-state index contributed by atoms with van der Waals surface area (Å²) in [6.45, 7) is 0. The second-order valence-electron chi connectivity index (χ2n) is 8.53. The van der Waals surface area contributed by atoms with Crippen molar-refractivity contribution in [1.82, 2.24) is 10.0 Å². The Hall–Kier alpha value is -3.36. The maximum absolute atomic E-state index is 13.5. The molecule has 8 heteroatoms. The normalized spacial score (nSPS) is 16.1. The highest BCUT2D eigenvalue weighted by Crippen LogP contribution is 2.31. The molecule has 1 aliphatic rings. The molecule has 0 unspecified atom stereocenters. The molecule has 1 amide bonds. The van der Waals surface area contributed by atoms with Crippen LogP contribution in [0, 0.1) is 0 Å². The summed E-state index contributed by atoms with van der Waals surface area (Å²) in [5.41, 5.74) is 3.16. The van der Waals surface area contributed by atoms with Gasteiger partial charge in [0.1, 0.15) is 6.04 Å². The highest BCUT2D eigenvalue weighted by Gasteiger charge is 2.30. The largest absolute Gasteiger partial charge is 0.493 e. The van der Waals surface area contributed by atoms with E-state index in [1.807, 2.05) is 48.5 Å². The molecular weight excluding hydrogens is 464 g/mol. The van der Waals surface area contributed by atoms with Gasteiger partial charge in [-0.3, -0.25) is 4.79 Å². The molecule has 0 saturated carbocycles. The number of hydrogen-bond acceptors (Lipinski definition) is 5. The maximum atomic E-state index is 13.5. The van der Waals surface area contributed by atoms with Crippen LogP contribution in [0.1, 0.15) is 35.6 Å². The predicted molar refractivity (Wildman–Crippen MR) is 134 cm³/mol. The molecule has 0 spiro atoms. The topological polar surface area (TPSA) is 93.7 Å². The van der Waals surface area contributed by atoms with Gasteiger partial charge in [-0.15, -0.1) is 0 Å². The molecule has 1 aliphatic carbocycles. The van der Waals surface area contributed by atoms with E-state index in [1.54, 1.807) is 0 Å². The van der Waals surface area contributed by atoms with Gasteiger partial charge in [-0.2, -0.15) is 4.72 Å². The van der Waals surface area contributed by atoms with Gasteiger partial charge in [-0.05, 0) is 54.5 Å². The zero-order chi connectivity index (χ0) is 24.8. The number of methoxy groups -OCH3 is 2. The first kappa shape index (κ1) is 24.8. The summed E-state index contributed by atoms with van der Waals surface area (Å²) in [4.78, 5) is 13.5. The third-order valence-corrected chi connectivity index (χ3v) is 7.72. The zero-order valence-electron chi connectivity index (χ0n) is 19.9. The fourth-order valence-electron chi connectivity index (χ4n) is 4.45. The fourth-order valence-corrected chi connectivity index (χ4v) is 5.66. The van der Waals surface area contributed by atoms with Crippen LogP contribution in [-0.2, 0) is 27.7 Å². The molecule has 4 rings (SSSR count). The first-order valence-electron chi connectivity index (χ1n) is 11.6. The number of benzene rings is 3. The lowest BCUT2D eigenvalue weighted by atomic mass is 9.87. The summed E-state index contributed by atoms with van der Waals surface area (Å²) < 4.78 is 39.7. The first-order valence-corrected chi connectivity index (χ1v) is 13.1. The van der Waals surface area contributed by atoms with Crippen LogP contribution < -0.4 is 19.5 Å². The van der Waals surface area contributed by atoms with Crippen molar-refractivity contribution in [2.24, 2.45) is 0 Å². The van der Waals surface area contributed by atoms with Crippen molar-refractivity contribution in [1.29, 1.82) is 0 Å². The van der Waals surface area contributed by atoms with Gasteiger partial charge in [-0.25, -0.2) is 8.42 Å². The number of ether oxygens (including phenoxy) is 2. The lowest BCUT2D eigenvalue weighted by Gasteiger charge is -2.28. The molecule has 35 heavy (non-hydrogen) atoms. The average molecular weight is 495 g/mol. The maximum Gasteiger partial charge on any atom is 0.241 e. The monoisotopic (exact) mass is 494 g/mol. The highest BCUT2D eigenvalue weighted by atomic mass is 32.2. The van der Waals surface area contributed by atoms with Gasteiger partial charge in [0.15, 0.2) is 11.5 Å². The van der Waals surface area contributed by atoms with Crippen molar-refractivity contribution in [3.63, 3.8) is 0 Å². The summed E-state index contributed by atoms with van der Waals surface area (Å²) in [6.07, 6.45) is 2.96. The minimum atomic E-state index is -4.03. The van der Waals surface area contributed by atoms with E-state index >= 15 is 0 Å². The van der Waals surface area contributed by atoms with Crippen LogP contribution in [0.3, 0.4) is 0 Å². The summed E-state index contributed by atoms with van der Waals surface area (Å²) in [5, 5.41) is 3.10. The Kier molecular flexibility index (Phi) is 7.73. The minimum absolute atomic E-state index is 0.0102. The van der Waals surface area contributed by atoms with Crippen molar-refractivity contribution < 1.29 is 22.7 Å². The Morgan fingerprint density at radius 2 is 1.69 bits per heavy atom. The van der Waals surface area contributed by atoms with Crippen LogP contribution in [0.25, 0.3) is 0 Å². The molecule has 0 fully saturated rings. The molecule has 0 radical (unpaired) electrons. The summed E-state index contributed by atoms with van der Waals surface area (Å²) in [7, 11) is -1.11. The molecule has 184 valence electrons. The molecule has 0 heterocycles. The summed E-state index contributed by atoms with van der Waals surface area (Å²) >= 11 is 0. The molecule has 7 nitrogen and oxygen atoms in total. The Bertz CT molecular complexity index is 1280. The van der Waals surface area contributed by atoms with Crippen molar-refractivity contribution in [3.05, 3.63) is 89.5 Å². The van der Waals surface area contributed by atoms with E-state index in [-0.39, 0.29) is 23.3 Å². The van der Waals surface area contributed by atoms with Crippen molar-refractivity contribution in [3.8, 4) is 11.5 Å². The second-order valence-corrected chi connectivity index (χ2v) is 10.2. The van der Waals surface area contributed by atoms with Gasteiger partial charge in [0, 0.05) is 6.07 Å². The van der Waals surface area contributed by atoms with E-state index < -0.39 is 16.1 Å². The summed E-state index contributed by atoms with van der Waals surface area (Å²) in [6, 6.07) is 20.6. The number of amides is 1. The molecule has 0 saturated heterocycles. The van der Waals surface area contributed by atoms with E-state index in [0.717, 1.165) is 30.4 Å². The standard InChI is InChI=1S/C27H30N2O5S/c1-33-25-16-15-21(18-26(25)34-2)35(31,32)29-24(17-19-9-4-3-5-10-19)27(30)28-23-14-8-12-20-11-6-7-13-22(20)23/h3-7,9-11,13,15-16,18,23-24,29H,8,12,14,17H2,1-2H3,(H,28,30)/t23-,24-/m1/s1. The van der Waals surface area contributed by atoms with Crippen LogP contribution in [0.2, 0.25) is 0 Å². The van der Waals surface area contributed by atoms with Gasteiger partial charge in [0.2, 0.25) is 15.9 Å². The zero-order valence-corrected chi connectivity index (χ0v) is 20.7. The van der Waals surface area contributed by atoms with E-state index in [4.69, 9.17) is 9.47 Å². The molecule has 2 atom stereocenters. The molecule has 0 bridgehead atoms. The Morgan fingerprint density at radius 3 is 2.43 bits per heavy atom. The van der Waals surface area contributed by atoms with Crippen LogP contribution in [0.15, 0.2) is 77.7 Å². The molecule has 0 aromatic heterocycles. The number of rotatable bonds is 9. The van der Waals surface area contributed by atoms with Crippen LogP contribution in [-0.4, -0.2) is 34.6 Å². The average Bonchev–Trinajstić information content (AvgIpc) is 2.88. The Balaban J connectivity index is 1.60. The molecule has 2 N–H and O–H groups in total. The van der Waals surface area contributed by atoms with E-state index in [0.29, 0.717) is 11.5 Å². The number of fused-ring (bicyclic) bond motifs is 1. The summed E-state index contributed by atoms with van der Waals surface area (Å²) in [5.74, 6) is 0.346. The van der Waals surface area contributed by atoms with Crippen LogP contribution >= 0.6 is 0 Å². The number of sulfonamides is 1. The lowest BCUT2D eigenvalue weighted by Crippen LogP contribution is -2.49. The molecule has 0 aliphatic heterocycles. The number of aryl methyl sites for hydroxylation is 1. The van der Waals surface area contributed by atoms with Crippen LogP contribution in [0.5, 0.6) is 11.5 Å². The number of carbonyl (C=O) groups excluding carboxylic acids is 1. The number of nitrogens with one attached hydrogen (secondary N) is 2. The number of carbonyl (C=O) groups is 1. The van der Waals surface area contributed by atoms with Crippen molar-refractivity contribution in [2.45, 2.75) is 42.7 Å². The van der Waals surface area contributed by atoms with Crippen molar-refractivity contribution >= 4 is 15.9 Å². The quantitative estimate of drug-likeness (QED) is 0.472. The van der Waals surface area contributed by atoms with Crippen LogP contribution in [0.4, 0.5) is 0 Å². The van der Waals surface area contributed by atoms with Gasteiger partial charge in [0.05, 0.1) is 25.2 Å². The first-order chi connectivity index (χ1) is 16.9. The molecule has 3 aromatic carbocycles. The molecule has 3 aromatic rings. The SMILES string of the molecule is COc1ccc(S(=O)(=O)N[C@H](Cc2ccccc2)C(=O)N[C@@H]2CCCc3ccccc32)cc1OC. The van der Waals surface area contributed by atoms with Crippen molar-refractivity contribution in [2.75, 3.05) is 14.2 Å². The Labute approximate surface area is 206 Å². The van der Waals surface area contributed by atoms with Gasteiger partial charge < -0.3 is 14.8 Å². The number of hydrogen-bond donors (Lipinski definition) is 2. The highest BCUT2D eigenvalue weighted by molar-refractivity contribution is 7.89. The minimum Gasteiger partial charge on any atom is -0.493 e. The third-order valence-electron chi connectivity index (χ3n) is 6.25. The van der Waals surface area contributed by atoms with Gasteiger partial charge >= 0.3 is 0 Å². The van der Waals surface area contributed by atoms with E-state index in [2.05, 4.69) is 16.1 Å². The lowest BCUT2D eigenvalue weighted by molar-refractivity contribution is -0.123. The van der Waals surface area contributed by atoms with Gasteiger partial charge in [-0.1, -0.05) is 54.6 Å². The predicted octanol–water partition coefficient (Wildman–Crippen LogP) is 3.79. The Morgan fingerprint density at radius 1 is 0.971 bits per heavy atom. The van der Waals surface area contributed by atoms with Gasteiger partial charge in [0.25, 0.3) is 0 Å². The van der Waals surface area contributed by atoms with E-state index in [9.17, 15) is 13.2 Å². The fraction of sp³-hybridized carbons (Fsp3) is 0.296. The second kappa shape index (κ2) is 10.9. The smallest absolute Gasteiger partial charge is 0.241 e. The van der Waals surface area contributed by atoms with E-state index in [1.165, 1.54) is 38.0 Å². The molecular formula is C27H30N2O5S.